The van der Waals surface area contributed by atoms with E-state index < -0.39 is 0 Å². The van der Waals surface area contributed by atoms with Crippen LogP contribution in [0.3, 0.4) is 0 Å². The number of carbonyl (C=O) groups is 1. The molecule has 0 bridgehead atoms. The predicted octanol–water partition coefficient (Wildman–Crippen LogP) is 1.35. The third kappa shape index (κ3) is 4.25. The Labute approximate surface area is 111 Å². The highest BCUT2D eigenvalue weighted by Crippen LogP contribution is 2.22. The van der Waals surface area contributed by atoms with E-state index in [1.807, 2.05) is 14.0 Å². The number of carbonyl (C=O) groups excluding carboxylic acids is 1. The van der Waals surface area contributed by atoms with E-state index >= 15 is 0 Å². The first-order valence-corrected chi connectivity index (χ1v) is 7.18. The molecule has 3 N–H and O–H groups in total. The van der Waals surface area contributed by atoms with Crippen LogP contribution in [-0.4, -0.2) is 42.5 Å². The standard InChI is InChI=1S/C14H29N3O/c1-10(2)9-16-14(18)11(3)17(4)13-8-6-5-7-12(13)15/h10-13H,5-9,15H2,1-4H3,(H,16,18). The summed E-state index contributed by atoms with van der Waals surface area (Å²) in [5.41, 5.74) is 6.17. The Hall–Kier alpha value is -0.610. The molecule has 1 aliphatic rings. The van der Waals surface area contributed by atoms with Gasteiger partial charge in [0.2, 0.25) is 5.91 Å². The molecule has 0 saturated heterocycles. The van der Waals surface area contributed by atoms with Crippen molar-refractivity contribution in [3.8, 4) is 0 Å². The molecule has 106 valence electrons. The van der Waals surface area contributed by atoms with E-state index in [0.717, 1.165) is 19.4 Å². The van der Waals surface area contributed by atoms with Gasteiger partial charge in [0.05, 0.1) is 6.04 Å². The fourth-order valence-corrected chi connectivity index (χ4v) is 2.57. The van der Waals surface area contributed by atoms with E-state index in [-0.39, 0.29) is 18.0 Å². The Morgan fingerprint density at radius 1 is 1.33 bits per heavy atom. The minimum absolute atomic E-state index is 0.0992. The van der Waals surface area contributed by atoms with Gasteiger partial charge < -0.3 is 11.1 Å². The molecule has 0 aromatic heterocycles. The van der Waals surface area contributed by atoms with Crippen molar-refractivity contribution in [2.24, 2.45) is 11.7 Å². The maximum Gasteiger partial charge on any atom is 0.237 e. The van der Waals surface area contributed by atoms with Crippen molar-refractivity contribution in [1.82, 2.24) is 10.2 Å². The van der Waals surface area contributed by atoms with Gasteiger partial charge in [-0.3, -0.25) is 9.69 Å². The number of nitrogens with zero attached hydrogens (tertiary/aromatic N) is 1. The van der Waals surface area contributed by atoms with E-state index in [2.05, 4.69) is 24.1 Å². The van der Waals surface area contributed by atoms with Crippen LogP contribution in [0.1, 0.15) is 46.5 Å². The van der Waals surface area contributed by atoms with Crippen LogP contribution < -0.4 is 11.1 Å². The highest BCUT2D eigenvalue weighted by molar-refractivity contribution is 5.81. The first-order chi connectivity index (χ1) is 8.43. The molecule has 0 radical (unpaired) electrons. The number of nitrogens with two attached hydrogens (primary N) is 1. The van der Waals surface area contributed by atoms with Crippen molar-refractivity contribution in [1.29, 1.82) is 0 Å². The van der Waals surface area contributed by atoms with Gasteiger partial charge in [-0.2, -0.15) is 0 Å². The molecule has 18 heavy (non-hydrogen) atoms. The van der Waals surface area contributed by atoms with Gasteiger partial charge in [-0.25, -0.2) is 0 Å². The van der Waals surface area contributed by atoms with Crippen LogP contribution in [0.25, 0.3) is 0 Å². The molecule has 1 aliphatic carbocycles. The zero-order valence-electron chi connectivity index (χ0n) is 12.3. The lowest BCUT2D eigenvalue weighted by molar-refractivity contribution is -0.126. The lowest BCUT2D eigenvalue weighted by Crippen LogP contribution is -2.55. The van der Waals surface area contributed by atoms with Crippen LogP contribution in [-0.2, 0) is 4.79 Å². The zero-order valence-corrected chi connectivity index (χ0v) is 12.3. The van der Waals surface area contributed by atoms with E-state index in [0.29, 0.717) is 12.0 Å². The topological polar surface area (TPSA) is 58.4 Å². The van der Waals surface area contributed by atoms with Gasteiger partial charge >= 0.3 is 0 Å². The number of rotatable bonds is 5. The monoisotopic (exact) mass is 255 g/mol. The van der Waals surface area contributed by atoms with Gasteiger partial charge in [0.25, 0.3) is 0 Å². The van der Waals surface area contributed by atoms with Gasteiger partial charge in [0.1, 0.15) is 0 Å². The van der Waals surface area contributed by atoms with Crippen molar-refractivity contribution < 1.29 is 4.79 Å². The van der Waals surface area contributed by atoms with Crippen LogP contribution in [0.2, 0.25) is 0 Å². The molecule has 1 rings (SSSR count). The minimum atomic E-state index is -0.0992. The van der Waals surface area contributed by atoms with E-state index in [4.69, 9.17) is 5.73 Å². The van der Waals surface area contributed by atoms with Gasteiger partial charge in [0, 0.05) is 18.6 Å². The molecule has 1 fully saturated rings. The summed E-state index contributed by atoms with van der Waals surface area (Å²) in [6.07, 6.45) is 4.64. The molecule has 0 heterocycles. The molecule has 1 saturated carbocycles. The summed E-state index contributed by atoms with van der Waals surface area (Å²) in [4.78, 5) is 14.2. The summed E-state index contributed by atoms with van der Waals surface area (Å²) in [5.74, 6) is 0.604. The Morgan fingerprint density at radius 3 is 2.50 bits per heavy atom. The van der Waals surface area contributed by atoms with Crippen LogP contribution >= 0.6 is 0 Å². The molecule has 4 heteroatoms. The average Bonchev–Trinajstić information content (AvgIpc) is 2.34. The van der Waals surface area contributed by atoms with Crippen molar-refractivity contribution in [2.45, 2.75) is 64.6 Å². The van der Waals surface area contributed by atoms with E-state index in [9.17, 15) is 4.79 Å². The molecule has 3 atom stereocenters. The van der Waals surface area contributed by atoms with Gasteiger partial charge in [-0.05, 0) is 32.7 Å². The molecular formula is C14H29N3O. The van der Waals surface area contributed by atoms with Crippen molar-refractivity contribution in [2.75, 3.05) is 13.6 Å². The summed E-state index contributed by atoms with van der Waals surface area (Å²) in [6.45, 7) is 6.92. The molecule has 0 spiro atoms. The van der Waals surface area contributed by atoms with Crippen LogP contribution in [0, 0.1) is 5.92 Å². The second-order valence-corrected chi connectivity index (χ2v) is 6.00. The number of amides is 1. The first kappa shape index (κ1) is 15.4. The van der Waals surface area contributed by atoms with Gasteiger partial charge in [-0.1, -0.05) is 26.7 Å². The molecule has 4 nitrogen and oxygen atoms in total. The maximum atomic E-state index is 12.0. The predicted molar refractivity (Wildman–Crippen MR) is 75.3 cm³/mol. The van der Waals surface area contributed by atoms with Crippen molar-refractivity contribution in [3.63, 3.8) is 0 Å². The smallest absolute Gasteiger partial charge is 0.237 e. The molecule has 1 amide bonds. The normalized spacial score (nSPS) is 26.4. The first-order valence-electron chi connectivity index (χ1n) is 7.18. The summed E-state index contributed by atoms with van der Waals surface area (Å²) < 4.78 is 0. The highest BCUT2D eigenvalue weighted by atomic mass is 16.2. The van der Waals surface area contributed by atoms with Crippen LogP contribution in [0.15, 0.2) is 0 Å². The van der Waals surface area contributed by atoms with Crippen LogP contribution in [0.5, 0.6) is 0 Å². The van der Waals surface area contributed by atoms with Crippen molar-refractivity contribution >= 4 is 5.91 Å². The lowest BCUT2D eigenvalue weighted by Gasteiger charge is -2.38. The SMILES string of the molecule is CC(C)CNC(=O)C(C)N(C)C1CCCCC1N. The zero-order chi connectivity index (χ0) is 13.7. The Morgan fingerprint density at radius 2 is 1.94 bits per heavy atom. The lowest BCUT2D eigenvalue weighted by atomic mass is 9.89. The molecule has 0 aliphatic heterocycles. The average molecular weight is 255 g/mol. The van der Waals surface area contributed by atoms with Gasteiger partial charge in [0.15, 0.2) is 0 Å². The number of nitrogens with one attached hydrogen (secondary N) is 1. The Kier molecular flexibility index (Phi) is 6.09. The summed E-state index contributed by atoms with van der Waals surface area (Å²) in [7, 11) is 2.02. The van der Waals surface area contributed by atoms with Crippen molar-refractivity contribution in [3.05, 3.63) is 0 Å². The van der Waals surface area contributed by atoms with Crippen LogP contribution in [0.4, 0.5) is 0 Å². The molecule has 0 aromatic carbocycles. The second-order valence-electron chi connectivity index (χ2n) is 6.00. The van der Waals surface area contributed by atoms with Gasteiger partial charge in [-0.15, -0.1) is 0 Å². The molecule has 0 aromatic rings. The Balaban J connectivity index is 2.48. The largest absolute Gasteiger partial charge is 0.354 e. The third-order valence-corrected chi connectivity index (χ3v) is 3.98. The minimum Gasteiger partial charge on any atom is -0.354 e. The number of hydrogen-bond donors (Lipinski definition) is 2. The fraction of sp³-hybridized carbons (Fsp3) is 0.929. The molecule has 3 unspecified atom stereocenters. The highest BCUT2D eigenvalue weighted by Gasteiger charge is 2.30. The maximum absolute atomic E-state index is 12.0. The summed E-state index contributed by atoms with van der Waals surface area (Å²) >= 11 is 0. The van der Waals surface area contributed by atoms with E-state index in [1.54, 1.807) is 0 Å². The summed E-state index contributed by atoms with van der Waals surface area (Å²) in [5, 5.41) is 3.00. The number of likely N-dealkylation sites (N-methyl/N-ethyl adjacent to an activating group) is 1. The van der Waals surface area contributed by atoms with E-state index in [1.165, 1.54) is 12.8 Å². The molecular weight excluding hydrogens is 226 g/mol. The quantitative estimate of drug-likeness (QED) is 0.779. The number of hydrogen-bond acceptors (Lipinski definition) is 3. The second kappa shape index (κ2) is 7.10. The fourth-order valence-electron chi connectivity index (χ4n) is 2.57. The summed E-state index contributed by atoms with van der Waals surface area (Å²) in [6, 6.07) is 0.459. The Bertz CT molecular complexity index is 268. The third-order valence-electron chi connectivity index (χ3n) is 3.98.